The molecule has 0 N–H and O–H groups in total. The summed E-state index contributed by atoms with van der Waals surface area (Å²) in [4.78, 5) is 0. The van der Waals surface area contributed by atoms with Crippen LogP contribution in [0.15, 0.2) is 12.1 Å². The second-order valence-electron chi connectivity index (χ2n) is 3.30. The van der Waals surface area contributed by atoms with Crippen LogP contribution in [0.1, 0.15) is 38.2 Å². The van der Waals surface area contributed by atoms with Crippen LogP contribution < -0.4 is 0 Å². The molecule has 1 rings (SSSR count). The lowest BCUT2D eigenvalue weighted by Crippen LogP contribution is -2.03. The fourth-order valence-corrected chi connectivity index (χ4v) is 1.64. The van der Waals surface area contributed by atoms with Crippen LogP contribution in [-0.2, 0) is 0 Å². The molecular weight excluding hydrogens is 189 g/mol. The molecule has 0 fully saturated rings. The van der Waals surface area contributed by atoms with Crippen LogP contribution in [-0.4, -0.2) is 0 Å². The molecule has 0 aliphatic heterocycles. The molecule has 0 aliphatic rings. The average Bonchev–Trinajstić information content (AvgIpc) is 2.10. The standard InChI is InChI=1S/C11H13F3/c1-3-7(4-2)11-9(13)5-8(12)6-10(11)14/h5-7H,3-4H2,1-2H3. The Bertz CT molecular complexity index is 293. The highest BCUT2D eigenvalue weighted by molar-refractivity contribution is 5.24. The third-order valence-corrected chi connectivity index (χ3v) is 2.44. The van der Waals surface area contributed by atoms with E-state index >= 15 is 0 Å². The predicted octanol–water partition coefficient (Wildman–Crippen LogP) is 4.01. The summed E-state index contributed by atoms with van der Waals surface area (Å²) in [5.41, 5.74) is 0.0106. The second-order valence-corrected chi connectivity index (χ2v) is 3.30. The van der Waals surface area contributed by atoms with Crippen LogP contribution in [0.25, 0.3) is 0 Å². The largest absolute Gasteiger partial charge is 0.207 e. The predicted molar refractivity (Wildman–Crippen MR) is 49.6 cm³/mol. The lowest BCUT2D eigenvalue weighted by Gasteiger charge is -2.14. The topological polar surface area (TPSA) is 0 Å². The van der Waals surface area contributed by atoms with E-state index in [0.717, 1.165) is 12.1 Å². The Morgan fingerprint density at radius 3 is 1.79 bits per heavy atom. The van der Waals surface area contributed by atoms with Crippen molar-refractivity contribution in [3.05, 3.63) is 35.1 Å². The SMILES string of the molecule is CCC(CC)c1c(F)cc(F)cc1F. The van der Waals surface area contributed by atoms with Gasteiger partial charge in [0.2, 0.25) is 0 Å². The minimum absolute atomic E-state index is 0.0106. The summed E-state index contributed by atoms with van der Waals surface area (Å²) in [6, 6.07) is 1.47. The van der Waals surface area contributed by atoms with Gasteiger partial charge in [0, 0.05) is 17.7 Å². The smallest absolute Gasteiger partial charge is 0.132 e. The maximum Gasteiger partial charge on any atom is 0.132 e. The molecule has 0 unspecified atom stereocenters. The Morgan fingerprint density at radius 2 is 1.43 bits per heavy atom. The maximum absolute atomic E-state index is 13.3. The van der Waals surface area contributed by atoms with E-state index in [9.17, 15) is 13.2 Å². The first kappa shape index (κ1) is 11.1. The van der Waals surface area contributed by atoms with E-state index in [2.05, 4.69) is 0 Å². The molecule has 0 bridgehead atoms. The fraction of sp³-hybridized carbons (Fsp3) is 0.455. The molecule has 0 heterocycles. The zero-order chi connectivity index (χ0) is 10.7. The molecule has 78 valence electrons. The molecule has 0 saturated heterocycles. The molecule has 0 spiro atoms. The minimum atomic E-state index is -0.866. The highest BCUT2D eigenvalue weighted by atomic mass is 19.1. The first-order chi connectivity index (χ1) is 6.60. The average molecular weight is 202 g/mol. The van der Waals surface area contributed by atoms with Gasteiger partial charge in [0.25, 0.3) is 0 Å². The molecule has 0 atom stereocenters. The van der Waals surface area contributed by atoms with Crippen molar-refractivity contribution in [2.45, 2.75) is 32.6 Å². The number of rotatable bonds is 3. The summed E-state index contributed by atoms with van der Waals surface area (Å²) >= 11 is 0. The Balaban J connectivity index is 3.19. The van der Waals surface area contributed by atoms with Gasteiger partial charge in [-0.05, 0) is 18.8 Å². The van der Waals surface area contributed by atoms with Crippen LogP contribution in [0.4, 0.5) is 13.2 Å². The summed E-state index contributed by atoms with van der Waals surface area (Å²) in [5.74, 6) is -2.60. The fourth-order valence-electron chi connectivity index (χ4n) is 1.64. The molecule has 14 heavy (non-hydrogen) atoms. The van der Waals surface area contributed by atoms with Gasteiger partial charge in [-0.15, -0.1) is 0 Å². The summed E-state index contributed by atoms with van der Waals surface area (Å²) in [6.45, 7) is 3.72. The van der Waals surface area contributed by atoms with Crippen molar-refractivity contribution in [1.29, 1.82) is 0 Å². The monoisotopic (exact) mass is 202 g/mol. The van der Waals surface area contributed by atoms with Crippen molar-refractivity contribution in [1.82, 2.24) is 0 Å². The lowest BCUT2D eigenvalue weighted by molar-refractivity contribution is 0.489. The van der Waals surface area contributed by atoms with Crippen LogP contribution >= 0.6 is 0 Å². The van der Waals surface area contributed by atoms with Gasteiger partial charge in [-0.2, -0.15) is 0 Å². The summed E-state index contributed by atoms with van der Waals surface area (Å²) in [6.07, 6.45) is 1.30. The van der Waals surface area contributed by atoms with Gasteiger partial charge in [-0.3, -0.25) is 0 Å². The van der Waals surface area contributed by atoms with Crippen LogP contribution in [0, 0.1) is 17.5 Å². The van der Waals surface area contributed by atoms with E-state index in [4.69, 9.17) is 0 Å². The molecule has 1 aromatic rings. The van der Waals surface area contributed by atoms with Crippen molar-refractivity contribution in [2.75, 3.05) is 0 Å². The van der Waals surface area contributed by atoms with E-state index in [1.807, 2.05) is 13.8 Å². The third-order valence-electron chi connectivity index (χ3n) is 2.44. The molecule has 3 heteroatoms. The van der Waals surface area contributed by atoms with Crippen molar-refractivity contribution >= 4 is 0 Å². The highest BCUT2D eigenvalue weighted by Crippen LogP contribution is 2.28. The first-order valence-corrected chi connectivity index (χ1v) is 4.74. The Kier molecular flexibility index (Phi) is 3.55. The molecule has 0 radical (unpaired) electrons. The third kappa shape index (κ3) is 2.08. The Labute approximate surface area is 81.8 Å². The van der Waals surface area contributed by atoms with Crippen molar-refractivity contribution in [3.8, 4) is 0 Å². The normalized spacial score (nSPS) is 11.0. The Hall–Kier alpha value is -0.990. The minimum Gasteiger partial charge on any atom is -0.207 e. The van der Waals surface area contributed by atoms with E-state index in [1.54, 1.807) is 0 Å². The first-order valence-electron chi connectivity index (χ1n) is 4.74. The van der Waals surface area contributed by atoms with Crippen LogP contribution in [0.3, 0.4) is 0 Å². The van der Waals surface area contributed by atoms with E-state index in [-0.39, 0.29) is 11.5 Å². The number of halogens is 3. The molecule has 0 aliphatic carbocycles. The van der Waals surface area contributed by atoms with E-state index in [0.29, 0.717) is 12.8 Å². The quantitative estimate of drug-likeness (QED) is 0.694. The van der Waals surface area contributed by atoms with E-state index < -0.39 is 17.5 Å². The lowest BCUT2D eigenvalue weighted by atomic mass is 9.93. The zero-order valence-corrected chi connectivity index (χ0v) is 8.28. The summed E-state index contributed by atoms with van der Waals surface area (Å²) < 4.78 is 39.1. The number of hydrogen-bond acceptors (Lipinski definition) is 0. The number of hydrogen-bond donors (Lipinski definition) is 0. The van der Waals surface area contributed by atoms with Gasteiger partial charge in [-0.1, -0.05) is 13.8 Å². The van der Waals surface area contributed by atoms with Gasteiger partial charge < -0.3 is 0 Å². The molecule has 0 nitrogen and oxygen atoms in total. The zero-order valence-electron chi connectivity index (χ0n) is 8.28. The van der Waals surface area contributed by atoms with Crippen LogP contribution in [0.5, 0.6) is 0 Å². The molecule has 0 saturated carbocycles. The van der Waals surface area contributed by atoms with Crippen molar-refractivity contribution in [2.24, 2.45) is 0 Å². The van der Waals surface area contributed by atoms with Crippen molar-refractivity contribution < 1.29 is 13.2 Å². The molecule has 0 amide bonds. The molecule has 0 aromatic heterocycles. The van der Waals surface area contributed by atoms with E-state index in [1.165, 1.54) is 0 Å². The maximum atomic E-state index is 13.3. The Morgan fingerprint density at radius 1 is 1.00 bits per heavy atom. The van der Waals surface area contributed by atoms with Gasteiger partial charge in [-0.25, -0.2) is 13.2 Å². The second kappa shape index (κ2) is 4.49. The summed E-state index contributed by atoms with van der Waals surface area (Å²) in [5, 5.41) is 0. The van der Waals surface area contributed by atoms with Crippen molar-refractivity contribution in [3.63, 3.8) is 0 Å². The molecular formula is C11H13F3. The number of benzene rings is 1. The van der Waals surface area contributed by atoms with Gasteiger partial charge in [0.1, 0.15) is 17.5 Å². The van der Waals surface area contributed by atoms with Gasteiger partial charge in [0.15, 0.2) is 0 Å². The van der Waals surface area contributed by atoms with Gasteiger partial charge in [0.05, 0.1) is 0 Å². The molecule has 1 aromatic carbocycles. The van der Waals surface area contributed by atoms with Crippen LogP contribution in [0.2, 0.25) is 0 Å². The summed E-state index contributed by atoms with van der Waals surface area (Å²) in [7, 11) is 0. The highest BCUT2D eigenvalue weighted by Gasteiger charge is 2.18. The van der Waals surface area contributed by atoms with Gasteiger partial charge >= 0.3 is 0 Å².